The summed E-state index contributed by atoms with van der Waals surface area (Å²) in [6, 6.07) is 0. The van der Waals surface area contributed by atoms with Crippen LogP contribution in [0.25, 0.3) is 0 Å². The van der Waals surface area contributed by atoms with E-state index in [2.05, 4.69) is 0 Å². The normalized spacial score (nSPS) is 15.1. The van der Waals surface area contributed by atoms with Gasteiger partial charge in [0, 0.05) is 25.1 Å². The molecule has 5 nitrogen and oxygen atoms in total. The molecule has 0 bridgehead atoms. The monoisotopic (exact) mass is 225 g/mol. The number of amides is 2. The fraction of sp³-hybridized carbons (Fsp3) is 0.545. The van der Waals surface area contributed by atoms with Crippen LogP contribution in [0.4, 0.5) is 0 Å². The molecule has 2 amide bonds. The molecule has 16 heavy (non-hydrogen) atoms. The van der Waals surface area contributed by atoms with E-state index in [1.807, 2.05) is 0 Å². The van der Waals surface area contributed by atoms with Gasteiger partial charge in [0.15, 0.2) is 0 Å². The molecule has 0 aromatic heterocycles. The summed E-state index contributed by atoms with van der Waals surface area (Å²) in [5.41, 5.74) is 0. The molecule has 0 fully saturated rings. The molecular weight excluding hydrogens is 210 g/mol. The Balaban J connectivity index is 2.23. The third-order valence-electron chi connectivity index (χ3n) is 2.03. The molecule has 0 aliphatic carbocycles. The van der Waals surface area contributed by atoms with Crippen LogP contribution in [0.15, 0.2) is 12.2 Å². The summed E-state index contributed by atoms with van der Waals surface area (Å²) in [5, 5.41) is 0. The molecule has 1 heterocycles. The van der Waals surface area contributed by atoms with E-state index in [4.69, 9.17) is 4.74 Å². The Labute approximate surface area is 94.1 Å². The SMILES string of the molecule is CC(C)OC(=O)CCCN1C(=O)C=CC1=O. The quantitative estimate of drug-likeness (QED) is 0.509. The molecule has 1 rings (SSSR count). The van der Waals surface area contributed by atoms with Gasteiger partial charge in [-0.2, -0.15) is 0 Å². The molecule has 0 radical (unpaired) electrons. The first-order chi connectivity index (χ1) is 7.50. The van der Waals surface area contributed by atoms with Gasteiger partial charge in [0.05, 0.1) is 6.10 Å². The van der Waals surface area contributed by atoms with Crippen molar-refractivity contribution in [3.05, 3.63) is 12.2 Å². The molecule has 0 aromatic rings. The van der Waals surface area contributed by atoms with E-state index in [0.29, 0.717) is 6.42 Å². The molecule has 1 aliphatic rings. The third kappa shape index (κ3) is 3.49. The van der Waals surface area contributed by atoms with Crippen LogP contribution >= 0.6 is 0 Å². The maximum Gasteiger partial charge on any atom is 0.306 e. The van der Waals surface area contributed by atoms with Crippen molar-refractivity contribution in [2.75, 3.05) is 6.54 Å². The zero-order valence-corrected chi connectivity index (χ0v) is 9.43. The van der Waals surface area contributed by atoms with Crippen LogP contribution in [0.1, 0.15) is 26.7 Å². The Morgan fingerprint density at radius 3 is 2.38 bits per heavy atom. The fourth-order valence-corrected chi connectivity index (χ4v) is 1.35. The lowest BCUT2D eigenvalue weighted by molar-refractivity contribution is -0.148. The average molecular weight is 225 g/mol. The number of hydrogen-bond acceptors (Lipinski definition) is 4. The highest BCUT2D eigenvalue weighted by Gasteiger charge is 2.22. The van der Waals surface area contributed by atoms with E-state index in [9.17, 15) is 14.4 Å². The number of carbonyl (C=O) groups is 3. The molecule has 0 spiro atoms. The van der Waals surface area contributed by atoms with E-state index in [1.54, 1.807) is 13.8 Å². The van der Waals surface area contributed by atoms with Crippen molar-refractivity contribution in [3.63, 3.8) is 0 Å². The summed E-state index contributed by atoms with van der Waals surface area (Å²) in [6.07, 6.45) is 2.98. The third-order valence-corrected chi connectivity index (χ3v) is 2.03. The van der Waals surface area contributed by atoms with E-state index < -0.39 is 0 Å². The lowest BCUT2D eigenvalue weighted by Gasteiger charge is -2.13. The zero-order chi connectivity index (χ0) is 12.1. The lowest BCUT2D eigenvalue weighted by Crippen LogP contribution is -2.31. The van der Waals surface area contributed by atoms with Gasteiger partial charge < -0.3 is 4.74 Å². The van der Waals surface area contributed by atoms with E-state index in [0.717, 1.165) is 4.90 Å². The van der Waals surface area contributed by atoms with Crippen molar-refractivity contribution >= 4 is 17.8 Å². The fourth-order valence-electron chi connectivity index (χ4n) is 1.35. The number of imide groups is 1. The standard InChI is InChI=1S/C11H15NO4/c1-8(2)16-11(15)4-3-7-12-9(13)5-6-10(12)14/h5-6,8H,3-4,7H2,1-2H3. The minimum absolute atomic E-state index is 0.135. The maximum absolute atomic E-state index is 11.2. The smallest absolute Gasteiger partial charge is 0.306 e. The molecule has 0 saturated carbocycles. The molecule has 0 aromatic carbocycles. The van der Waals surface area contributed by atoms with Crippen LogP contribution < -0.4 is 0 Å². The van der Waals surface area contributed by atoms with Gasteiger partial charge in [-0.3, -0.25) is 19.3 Å². The predicted octanol–water partition coefficient (Wildman–Crippen LogP) is 0.643. The van der Waals surface area contributed by atoms with Crippen molar-refractivity contribution < 1.29 is 19.1 Å². The summed E-state index contributed by atoms with van der Waals surface area (Å²) in [6.45, 7) is 3.81. The largest absolute Gasteiger partial charge is 0.463 e. The minimum atomic E-state index is -0.317. The Bertz CT molecular complexity index is 315. The Morgan fingerprint density at radius 1 is 1.31 bits per heavy atom. The van der Waals surface area contributed by atoms with Gasteiger partial charge in [-0.1, -0.05) is 0 Å². The maximum atomic E-state index is 11.2. The van der Waals surface area contributed by atoms with Crippen LogP contribution in [-0.4, -0.2) is 35.3 Å². The number of carbonyl (C=O) groups excluding carboxylic acids is 3. The van der Waals surface area contributed by atoms with Crippen molar-refractivity contribution in [1.29, 1.82) is 0 Å². The van der Waals surface area contributed by atoms with Crippen LogP contribution in [-0.2, 0) is 19.1 Å². The first kappa shape index (κ1) is 12.4. The van der Waals surface area contributed by atoms with Gasteiger partial charge in [-0.05, 0) is 20.3 Å². The highest BCUT2D eigenvalue weighted by atomic mass is 16.5. The Kier molecular flexibility index (Phi) is 4.22. The van der Waals surface area contributed by atoms with E-state index in [1.165, 1.54) is 12.2 Å². The van der Waals surface area contributed by atoms with Gasteiger partial charge in [-0.15, -0.1) is 0 Å². The van der Waals surface area contributed by atoms with Gasteiger partial charge in [0.25, 0.3) is 11.8 Å². The van der Waals surface area contributed by atoms with Crippen LogP contribution in [0.5, 0.6) is 0 Å². The van der Waals surface area contributed by atoms with Crippen molar-refractivity contribution in [2.45, 2.75) is 32.8 Å². The van der Waals surface area contributed by atoms with Crippen molar-refractivity contribution in [1.82, 2.24) is 4.90 Å². The topological polar surface area (TPSA) is 63.7 Å². The van der Waals surface area contributed by atoms with Gasteiger partial charge in [0.2, 0.25) is 0 Å². The van der Waals surface area contributed by atoms with Crippen LogP contribution in [0, 0.1) is 0 Å². The lowest BCUT2D eigenvalue weighted by atomic mass is 10.3. The highest BCUT2D eigenvalue weighted by Crippen LogP contribution is 2.06. The van der Waals surface area contributed by atoms with Crippen LogP contribution in [0.3, 0.4) is 0 Å². The van der Waals surface area contributed by atoms with E-state index >= 15 is 0 Å². The molecule has 88 valence electrons. The molecule has 1 aliphatic heterocycles. The molecule has 0 unspecified atom stereocenters. The zero-order valence-electron chi connectivity index (χ0n) is 9.43. The molecule has 5 heteroatoms. The number of hydrogen-bond donors (Lipinski definition) is 0. The first-order valence-electron chi connectivity index (χ1n) is 5.23. The minimum Gasteiger partial charge on any atom is -0.463 e. The number of rotatable bonds is 5. The molecule has 0 saturated heterocycles. The predicted molar refractivity (Wildman–Crippen MR) is 56.3 cm³/mol. The summed E-state index contributed by atoms with van der Waals surface area (Å²) in [4.78, 5) is 34.6. The highest BCUT2D eigenvalue weighted by molar-refractivity contribution is 6.12. The van der Waals surface area contributed by atoms with Gasteiger partial charge >= 0.3 is 5.97 Å². The number of ether oxygens (including phenoxy) is 1. The average Bonchev–Trinajstić information content (AvgIpc) is 2.47. The summed E-state index contributed by atoms with van der Waals surface area (Å²) >= 11 is 0. The van der Waals surface area contributed by atoms with E-state index in [-0.39, 0.29) is 36.9 Å². The first-order valence-corrected chi connectivity index (χ1v) is 5.23. The summed E-state index contributed by atoms with van der Waals surface area (Å²) < 4.78 is 4.93. The number of nitrogens with zero attached hydrogens (tertiary/aromatic N) is 1. The van der Waals surface area contributed by atoms with Crippen molar-refractivity contribution in [3.8, 4) is 0 Å². The Hall–Kier alpha value is -1.65. The second-order valence-corrected chi connectivity index (χ2v) is 3.80. The Morgan fingerprint density at radius 2 is 1.88 bits per heavy atom. The van der Waals surface area contributed by atoms with Crippen molar-refractivity contribution in [2.24, 2.45) is 0 Å². The van der Waals surface area contributed by atoms with Crippen LogP contribution in [0.2, 0.25) is 0 Å². The second kappa shape index (κ2) is 5.44. The molecule has 0 N–H and O–H groups in total. The summed E-state index contributed by atoms with van der Waals surface area (Å²) in [7, 11) is 0. The van der Waals surface area contributed by atoms with Gasteiger partial charge in [-0.25, -0.2) is 0 Å². The van der Waals surface area contributed by atoms with Gasteiger partial charge in [0.1, 0.15) is 0 Å². The second-order valence-electron chi connectivity index (χ2n) is 3.80. The number of esters is 1. The molecular formula is C11H15NO4. The summed E-state index contributed by atoms with van der Waals surface area (Å²) in [5.74, 6) is -0.938. The molecule has 0 atom stereocenters.